The van der Waals surface area contributed by atoms with Gasteiger partial charge in [-0.2, -0.15) is 0 Å². The van der Waals surface area contributed by atoms with Crippen LogP contribution in [0.4, 0.5) is 4.79 Å². The molecule has 2 amide bonds. The maximum absolute atomic E-state index is 12.3. The van der Waals surface area contributed by atoms with Crippen molar-refractivity contribution in [3.8, 4) is 0 Å². The summed E-state index contributed by atoms with van der Waals surface area (Å²) in [5.41, 5.74) is -0.441. The Bertz CT molecular complexity index is 400. The SMILES string of the molecule is CC1(C)CCCN(C(=O)NCC2(C(=O)O)CCCC2)CC1. The molecule has 2 rings (SSSR count). The molecule has 1 saturated heterocycles. The van der Waals surface area contributed by atoms with Gasteiger partial charge in [-0.15, -0.1) is 0 Å². The van der Waals surface area contributed by atoms with E-state index in [1.807, 2.05) is 4.90 Å². The molecule has 5 nitrogen and oxygen atoms in total. The average Bonchev–Trinajstić information content (AvgIpc) is 2.82. The van der Waals surface area contributed by atoms with Gasteiger partial charge in [0.2, 0.25) is 0 Å². The molecule has 0 aromatic rings. The lowest BCUT2D eigenvalue weighted by molar-refractivity contribution is -0.148. The fourth-order valence-corrected chi connectivity index (χ4v) is 3.50. The Morgan fingerprint density at radius 3 is 2.33 bits per heavy atom. The maximum atomic E-state index is 12.3. The second-order valence-electron chi connectivity index (χ2n) is 7.46. The molecule has 120 valence electrons. The lowest BCUT2D eigenvalue weighted by Crippen LogP contribution is -2.47. The Morgan fingerprint density at radius 2 is 1.71 bits per heavy atom. The van der Waals surface area contributed by atoms with Gasteiger partial charge in [0.15, 0.2) is 0 Å². The molecular weight excluding hydrogens is 268 g/mol. The summed E-state index contributed by atoms with van der Waals surface area (Å²) in [4.78, 5) is 25.6. The highest BCUT2D eigenvalue weighted by atomic mass is 16.4. The van der Waals surface area contributed by atoms with E-state index in [-0.39, 0.29) is 12.6 Å². The van der Waals surface area contributed by atoms with Gasteiger partial charge in [-0.3, -0.25) is 4.79 Å². The first-order valence-electron chi connectivity index (χ1n) is 8.11. The highest BCUT2D eigenvalue weighted by Crippen LogP contribution is 2.37. The van der Waals surface area contributed by atoms with Crippen molar-refractivity contribution in [1.29, 1.82) is 0 Å². The zero-order chi connectivity index (χ0) is 15.5. The summed E-state index contributed by atoms with van der Waals surface area (Å²) in [6.45, 7) is 6.29. The summed E-state index contributed by atoms with van der Waals surface area (Å²) in [7, 11) is 0. The molecule has 0 aromatic heterocycles. The van der Waals surface area contributed by atoms with E-state index in [0.29, 0.717) is 18.3 Å². The van der Waals surface area contributed by atoms with Crippen molar-refractivity contribution in [3.05, 3.63) is 0 Å². The van der Waals surface area contributed by atoms with Gasteiger partial charge in [-0.05, 0) is 37.5 Å². The molecule has 2 aliphatic rings. The topological polar surface area (TPSA) is 69.6 Å². The predicted molar refractivity (Wildman–Crippen MR) is 81.1 cm³/mol. The van der Waals surface area contributed by atoms with Crippen LogP contribution in [-0.2, 0) is 4.79 Å². The second kappa shape index (κ2) is 6.24. The number of likely N-dealkylation sites (tertiary alicyclic amines) is 1. The summed E-state index contributed by atoms with van der Waals surface area (Å²) in [5.74, 6) is -0.766. The van der Waals surface area contributed by atoms with Crippen molar-refractivity contribution < 1.29 is 14.7 Å². The molecule has 1 aliphatic heterocycles. The average molecular weight is 296 g/mol. The fourth-order valence-electron chi connectivity index (χ4n) is 3.50. The van der Waals surface area contributed by atoms with E-state index < -0.39 is 11.4 Å². The monoisotopic (exact) mass is 296 g/mol. The minimum Gasteiger partial charge on any atom is -0.481 e. The number of aliphatic carboxylic acids is 1. The largest absolute Gasteiger partial charge is 0.481 e. The predicted octanol–water partition coefficient (Wildman–Crippen LogP) is 2.85. The van der Waals surface area contributed by atoms with Crippen LogP contribution >= 0.6 is 0 Å². The molecule has 0 atom stereocenters. The van der Waals surface area contributed by atoms with E-state index in [9.17, 15) is 14.7 Å². The van der Waals surface area contributed by atoms with Gasteiger partial charge >= 0.3 is 12.0 Å². The highest BCUT2D eigenvalue weighted by Gasteiger charge is 2.41. The van der Waals surface area contributed by atoms with E-state index in [4.69, 9.17) is 0 Å². The van der Waals surface area contributed by atoms with Crippen LogP contribution in [0.3, 0.4) is 0 Å². The Kier molecular flexibility index (Phi) is 4.79. The first kappa shape index (κ1) is 16.1. The molecule has 1 aliphatic carbocycles. The number of urea groups is 1. The molecule has 1 heterocycles. The molecule has 0 spiro atoms. The van der Waals surface area contributed by atoms with Crippen LogP contribution in [0.25, 0.3) is 0 Å². The van der Waals surface area contributed by atoms with Crippen molar-refractivity contribution in [3.63, 3.8) is 0 Å². The summed E-state index contributed by atoms with van der Waals surface area (Å²) < 4.78 is 0. The van der Waals surface area contributed by atoms with Gasteiger partial charge in [0.1, 0.15) is 0 Å². The number of rotatable bonds is 3. The molecule has 0 unspecified atom stereocenters. The van der Waals surface area contributed by atoms with E-state index in [0.717, 1.165) is 45.2 Å². The Hall–Kier alpha value is -1.26. The molecule has 21 heavy (non-hydrogen) atoms. The van der Waals surface area contributed by atoms with Gasteiger partial charge in [0.25, 0.3) is 0 Å². The maximum Gasteiger partial charge on any atom is 0.317 e. The molecule has 0 bridgehead atoms. The minimum atomic E-state index is -0.766. The van der Waals surface area contributed by atoms with E-state index >= 15 is 0 Å². The number of nitrogens with one attached hydrogen (secondary N) is 1. The molecule has 5 heteroatoms. The summed E-state index contributed by atoms with van der Waals surface area (Å²) in [6.07, 6.45) is 6.40. The van der Waals surface area contributed by atoms with E-state index in [1.54, 1.807) is 0 Å². The number of carbonyl (C=O) groups excluding carboxylic acids is 1. The van der Waals surface area contributed by atoms with E-state index in [1.165, 1.54) is 0 Å². The number of carboxylic acid groups (broad SMARTS) is 1. The van der Waals surface area contributed by atoms with Crippen molar-refractivity contribution in [1.82, 2.24) is 10.2 Å². The van der Waals surface area contributed by atoms with Crippen molar-refractivity contribution in [2.75, 3.05) is 19.6 Å². The first-order valence-corrected chi connectivity index (χ1v) is 8.11. The van der Waals surface area contributed by atoms with Crippen LogP contribution < -0.4 is 5.32 Å². The van der Waals surface area contributed by atoms with E-state index in [2.05, 4.69) is 19.2 Å². The number of carbonyl (C=O) groups is 2. The smallest absolute Gasteiger partial charge is 0.317 e. The summed E-state index contributed by atoms with van der Waals surface area (Å²) in [6, 6.07) is -0.0970. The molecule has 2 fully saturated rings. The van der Waals surface area contributed by atoms with Crippen LogP contribution in [-0.4, -0.2) is 41.6 Å². The third-order valence-corrected chi connectivity index (χ3v) is 5.22. The molecule has 0 aromatic carbocycles. The summed E-state index contributed by atoms with van der Waals surface area (Å²) in [5, 5.41) is 12.3. The first-order chi connectivity index (χ1) is 9.85. The molecule has 2 N–H and O–H groups in total. The Balaban J connectivity index is 1.88. The highest BCUT2D eigenvalue weighted by molar-refractivity contribution is 5.78. The second-order valence-corrected chi connectivity index (χ2v) is 7.46. The zero-order valence-corrected chi connectivity index (χ0v) is 13.3. The molecule has 1 saturated carbocycles. The van der Waals surface area contributed by atoms with Crippen molar-refractivity contribution in [2.24, 2.45) is 10.8 Å². The van der Waals surface area contributed by atoms with Gasteiger partial charge in [0, 0.05) is 19.6 Å². The van der Waals surface area contributed by atoms with Gasteiger partial charge in [-0.25, -0.2) is 4.79 Å². The minimum absolute atomic E-state index is 0.0970. The summed E-state index contributed by atoms with van der Waals surface area (Å²) >= 11 is 0. The zero-order valence-electron chi connectivity index (χ0n) is 13.3. The number of hydrogen-bond donors (Lipinski definition) is 2. The van der Waals surface area contributed by atoms with Crippen LogP contribution in [0.2, 0.25) is 0 Å². The van der Waals surface area contributed by atoms with Gasteiger partial charge in [0.05, 0.1) is 5.41 Å². The van der Waals surface area contributed by atoms with Crippen LogP contribution in [0.1, 0.15) is 58.8 Å². The lowest BCUT2D eigenvalue weighted by atomic mass is 9.85. The lowest BCUT2D eigenvalue weighted by Gasteiger charge is -2.27. The number of hydrogen-bond acceptors (Lipinski definition) is 2. The van der Waals surface area contributed by atoms with Crippen LogP contribution in [0.5, 0.6) is 0 Å². The van der Waals surface area contributed by atoms with Crippen molar-refractivity contribution >= 4 is 12.0 Å². The molecule has 0 radical (unpaired) electrons. The third-order valence-electron chi connectivity index (χ3n) is 5.22. The molecular formula is C16H28N2O3. The third kappa shape index (κ3) is 3.89. The number of carboxylic acids is 1. The Morgan fingerprint density at radius 1 is 1.05 bits per heavy atom. The quantitative estimate of drug-likeness (QED) is 0.841. The van der Waals surface area contributed by atoms with Crippen LogP contribution in [0, 0.1) is 10.8 Å². The Labute approximate surface area is 127 Å². The standard InChI is InChI=1S/C16H28N2O3/c1-15(2)6-5-10-18(11-9-15)14(21)17-12-16(13(19)20)7-3-4-8-16/h3-12H2,1-2H3,(H,17,21)(H,19,20). The fraction of sp³-hybridized carbons (Fsp3) is 0.875. The van der Waals surface area contributed by atoms with Gasteiger partial charge < -0.3 is 15.3 Å². The normalized spacial score (nSPS) is 24.4. The van der Waals surface area contributed by atoms with Crippen LogP contribution in [0.15, 0.2) is 0 Å². The van der Waals surface area contributed by atoms with Gasteiger partial charge in [-0.1, -0.05) is 26.7 Å². The van der Waals surface area contributed by atoms with Crippen molar-refractivity contribution in [2.45, 2.75) is 58.8 Å². The number of amides is 2. The number of nitrogens with zero attached hydrogens (tertiary/aromatic N) is 1.